The van der Waals surface area contributed by atoms with Gasteiger partial charge in [-0.25, -0.2) is 14.8 Å². The Morgan fingerprint density at radius 2 is 2.23 bits per heavy atom. The molecule has 1 N–H and O–H groups in total. The molecule has 1 aromatic carbocycles. The Kier molecular flexibility index (Phi) is 5.89. The first-order valence-corrected chi connectivity index (χ1v) is 9.97. The molecular weight excluding hydrogens is 394 g/mol. The van der Waals surface area contributed by atoms with E-state index >= 15 is 0 Å². The molecule has 0 saturated heterocycles. The number of nitrogens with one attached hydrogen (secondary N) is 1. The highest BCUT2D eigenvalue weighted by Crippen LogP contribution is 2.32. The van der Waals surface area contributed by atoms with E-state index in [1.807, 2.05) is 0 Å². The van der Waals surface area contributed by atoms with Crippen LogP contribution < -0.4 is 20.0 Å². The number of nitrogens with zero attached hydrogens (tertiary/aromatic N) is 8. The molecule has 0 fully saturated rings. The predicted octanol–water partition coefficient (Wildman–Crippen LogP) is 2.22. The van der Waals surface area contributed by atoms with Crippen LogP contribution in [-0.4, -0.2) is 53.1 Å². The summed E-state index contributed by atoms with van der Waals surface area (Å²) in [5.74, 6) is 1.08. The lowest BCUT2D eigenvalue weighted by Gasteiger charge is -2.24. The summed E-state index contributed by atoms with van der Waals surface area (Å²) in [5, 5.41) is 12.5. The van der Waals surface area contributed by atoms with E-state index in [2.05, 4.69) is 74.1 Å². The predicted molar refractivity (Wildman–Crippen MR) is 119 cm³/mol. The zero-order valence-electron chi connectivity index (χ0n) is 17.9. The molecule has 0 unspecified atom stereocenters. The first kappa shape index (κ1) is 20.5. The maximum absolute atomic E-state index is 5.22. The summed E-state index contributed by atoms with van der Waals surface area (Å²) in [5.41, 5.74) is 4.49. The summed E-state index contributed by atoms with van der Waals surface area (Å²) in [6.07, 6.45) is 6.60. The quantitative estimate of drug-likeness (QED) is 0.328. The fourth-order valence-corrected chi connectivity index (χ4v) is 3.35. The summed E-state index contributed by atoms with van der Waals surface area (Å²) in [6, 6.07) is 6.30. The topological polar surface area (TPSA) is 97.9 Å². The van der Waals surface area contributed by atoms with E-state index in [1.165, 1.54) is 0 Å². The van der Waals surface area contributed by atoms with Gasteiger partial charge < -0.3 is 24.6 Å². The van der Waals surface area contributed by atoms with Crippen LogP contribution in [0.5, 0.6) is 0 Å². The minimum absolute atomic E-state index is 0.479. The van der Waals surface area contributed by atoms with E-state index in [9.17, 15) is 0 Å². The van der Waals surface area contributed by atoms with Crippen molar-refractivity contribution in [2.24, 2.45) is 4.99 Å². The normalized spacial score (nSPS) is 11.1. The van der Waals surface area contributed by atoms with Gasteiger partial charge in [-0.2, -0.15) is 0 Å². The molecule has 0 aliphatic carbocycles. The van der Waals surface area contributed by atoms with Gasteiger partial charge in [0.1, 0.15) is 12.4 Å². The SMILES string of the molecule is C=Nc1nn2c[n+](-c3cnccn3)[n-]c2c1Nc1ccc(N(CC)CCOC)cc1C. The van der Waals surface area contributed by atoms with Crippen molar-refractivity contribution in [3.63, 3.8) is 0 Å². The average Bonchev–Trinajstić information content (AvgIpc) is 3.35. The van der Waals surface area contributed by atoms with Crippen molar-refractivity contribution < 1.29 is 9.42 Å². The first-order valence-electron chi connectivity index (χ1n) is 9.97. The number of aryl methyl sites for hydroxylation is 1. The molecule has 0 aliphatic rings. The lowest BCUT2D eigenvalue weighted by molar-refractivity contribution is -0.664. The fourth-order valence-electron chi connectivity index (χ4n) is 3.35. The van der Waals surface area contributed by atoms with E-state index in [-0.39, 0.29) is 0 Å². The number of hydrogen-bond donors (Lipinski definition) is 1. The van der Waals surface area contributed by atoms with Gasteiger partial charge in [-0.05, 0) is 44.3 Å². The number of methoxy groups -OCH3 is 1. The molecule has 0 radical (unpaired) electrons. The molecule has 0 aliphatic heterocycles. The number of hydrogen-bond acceptors (Lipinski definition) is 7. The van der Waals surface area contributed by atoms with Crippen LogP contribution in [0.4, 0.5) is 22.9 Å². The third kappa shape index (κ3) is 4.10. The number of likely N-dealkylation sites (N-methyl/N-ethyl adjacent to an activating group) is 1. The minimum atomic E-state index is 0.479. The molecule has 10 heteroatoms. The molecule has 0 saturated carbocycles. The molecule has 0 atom stereocenters. The van der Waals surface area contributed by atoms with Crippen LogP contribution in [0.2, 0.25) is 0 Å². The van der Waals surface area contributed by atoms with E-state index in [1.54, 1.807) is 41.2 Å². The minimum Gasteiger partial charge on any atom is -0.383 e. The monoisotopic (exact) mass is 419 g/mol. The molecule has 0 amide bonds. The Morgan fingerprint density at radius 3 is 2.90 bits per heavy atom. The molecule has 10 nitrogen and oxygen atoms in total. The fraction of sp³-hybridized carbons (Fsp3) is 0.286. The highest BCUT2D eigenvalue weighted by atomic mass is 16.5. The van der Waals surface area contributed by atoms with Gasteiger partial charge in [0.05, 0.1) is 24.8 Å². The highest BCUT2D eigenvalue weighted by Gasteiger charge is 2.13. The van der Waals surface area contributed by atoms with Gasteiger partial charge in [-0.3, -0.25) is 4.98 Å². The van der Waals surface area contributed by atoms with Gasteiger partial charge in [-0.1, -0.05) is 0 Å². The molecule has 3 heterocycles. The molecule has 4 rings (SSSR count). The van der Waals surface area contributed by atoms with Crippen LogP contribution in [0.1, 0.15) is 12.5 Å². The van der Waals surface area contributed by atoms with Gasteiger partial charge in [0.15, 0.2) is 5.82 Å². The molecular formula is C21H25N9O. The maximum Gasteiger partial charge on any atom is 0.284 e. The zero-order chi connectivity index (χ0) is 21.8. The number of aliphatic imine (C=N–C) groups is 1. The van der Waals surface area contributed by atoms with E-state index in [0.29, 0.717) is 29.6 Å². The summed E-state index contributed by atoms with van der Waals surface area (Å²) < 4.78 is 8.49. The Labute approximate surface area is 180 Å². The Hall–Kier alpha value is -3.79. The highest BCUT2D eigenvalue weighted by molar-refractivity contribution is 5.84. The van der Waals surface area contributed by atoms with Crippen molar-refractivity contribution in [3.05, 3.63) is 48.7 Å². The van der Waals surface area contributed by atoms with Gasteiger partial charge in [-0.15, -0.1) is 4.98 Å². The lowest BCUT2D eigenvalue weighted by atomic mass is 10.1. The van der Waals surface area contributed by atoms with Crippen molar-refractivity contribution in [2.45, 2.75) is 13.8 Å². The van der Waals surface area contributed by atoms with E-state index in [0.717, 1.165) is 30.0 Å². The molecule has 0 spiro atoms. The van der Waals surface area contributed by atoms with Crippen LogP contribution >= 0.6 is 0 Å². The van der Waals surface area contributed by atoms with Crippen LogP contribution in [0.15, 0.2) is 48.1 Å². The molecule has 160 valence electrons. The average molecular weight is 419 g/mol. The maximum atomic E-state index is 5.22. The summed E-state index contributed by atoms with van der Waals surface area (Å²) in [6.45, 7) is 10.3. The largest absolute Gasteiger partial charge is 0.383 e. The van der Waals surface area contributed by atoms with Crippen molar-refractivity contribution in [1.29, 1.82) is 0 Å². The second-order valence-electron chi connectivity index (χ2n) is 6.95. The smallest absolute Gasteiger partial charge is 0.284 e. The summed E-state index contributed by atoms with van der Waals surface area (Å²) in [4.78, 5) is 14.7. The third-order valence-corrected chi connectivity index (χ3v) is 5.00. The number of aromatic nitrogens is 6. The summed E-state index contributed by atoms with van der Waals surface area (Å²) >= 11 is 0. The van der Waals surface area contributed by atoms with Gasteiger partial charge >= 0.3 is 0 Å². The number of ether oxygens (including phenoxy) is 1. The summed E-state index contributed by atoms with van der Waals surface area (Å²) in [7, 11) is 1.72. The van der Waals surface area contributed by atoms with Crippen molar-refractivity contribution >= 4 is 35.2 Å². The first-order chi connectivity index (χ1) is 15.1. The van der Waals surface area contributed by atoms with Crippen molar-refractivity contribution in [2.75, 3.05) is 37.0 Å². The van der Waals surface area contributed by atoms with E-state index < -0.39 is 0 Å². The number of anilines is 3. The second-order valence-corrected chi connectivity index (χ2v) is 6.95. The molecule has 4 aromatic rings. The van der Waals surface area contributed by atoms with Crippen LogP contribution in [0, 0.1) is 6.92 Å². The van der Waals surface area contributed by atoms with Crippen LogP contribution in [0.3, 0.4) is 0 Å². The molecule has 0 bridgehead atoms. The zero-order valence-corrected chi connectivity index (χ0v) is 17.9. The third-order valence-electron chi connectivity index (χ3n) is 5.00. The van der Waals surface area contributed by atoms with E-state index in [4.69, 9.17) is 4.74 Å². The Morgan fingerprint density at radius 1 is 1.35 bits per heavy atom. The van der Waals surface area contributed by atoms with Crippen LogP contribution in [0.25, 0.3) is 11.5 Å². The molecule has 31 heavy (non-hydrogen) atoms. The Balaban J connectivity index is 1.66. The van der Waals surface area contributed by atoms with Crippen LogP contribution in [-0.2, 0) is 4.74 Å². The number of rotatable bonds is 9. The Bertz CT molecular complexity index is 1180. The number of benzene rings is 1. The lowest BCUT2D eigenvalue weighted by Crippen LogP contribution is -2.35. The molecule has 3 aromatic heterocycles. The number of fused-ring (bicyclic) bond motifs is 1. The van der Waals surface area contributed by atoms with Crippen molar-refractivity contribution in [1.82, 2.24) is 24.7 Å². The van der Waals surface area contributed by atoms with Gasteiger partial charge in [0.25, 0.3) is 5.82 Å². The standard InChI is InChI=1S/C21H25N9O/c1-5-28(10-11-31-4)16-6-7-17(15(2)12-16)25-19-20(22-3)26-30-14-29(27-21(19)30)18-13-23-8-9-24-18/h6-9,12-14,25H,3,5,10-11H2,1-2,4H3. The van der Waals surface area contributed by atoms with Crippen molar-refractivity contribution in [3.8, 4) is 5.82 Å². The second kappa shape index (κ2) is 8.92. The van der Waals surface area contributed by atoms with Gasteiger partial charge in [0, 0.05) is 37.2 Å². The van der Waals surface area contributed by atoms with Gasteiger partial charge in [0.2, 0.25) is 0 Å².